The van der Waals surface area contributed by atoms with Gasteiger partial charge in [0.15, 0.2) is 0 Å². The highest BCUT2D eigenvalue weighted by atomic mass is 35.5. The quantitative estimate of drug-likeness (QED) is 0.589. The van der Waals surface area contributed by atoms with E-state index in [1.165, 1.54) is 0 Å². The van der Waals surface area contributed by atoms with Crippen molar-refractivity contribution in [2.75, 3.05) is 6.61 Å². The third kappa shape index (κ3) is 5.80. The zero-order valence-electron chi connectivity index (χ0n) is 15.5. The fourth-order valence-electron chi connectivity index (χ4n) is 3.16. The highest BCUT2D eigenvalue weighted by Crippen LogP contribution is 2.28. The lowest BCUT2D eigenvalue weighted by Crippen LogP contribution is -2.37. The molecule has 6 heteroatoms. The lowest BCUT2D eigenvalue weighted by Gasteiger charge is -2.21. The topological polar surface area (TPSA) is 47.9 Å². The Morgan fingerprint density at radius 3 is 2.07 bits per heavy atom. The molecule has 0 unspecified atom stereocenters. The molecule has 1 N–H and O–H groups in total. The third-order valence-electron chi connectivity index (χ3n) is 4.65. The van der Waals surface area contributed by atoms with Crippen molar-refractivity contribution in [3.05, 3.63) is 82.4 Å². The number of benzene rings is 2. The Hall–Kier alpha value is -1.40. The fraction of sp³-hybridized carbons (Fsp3) is 0.364. The summed E-state index contributed by atoms with van der Waals surface area (Å²) in [7, 11) is 0. The van der Waals surface area contributed by atoms with E-state index in [1.807, 2.05) is 48.5 Å². The van der Waals surface area contributed by atoms with Gasteiger partial charge < -0.3 is 19.3 Å². The van der Waals surface area contributed by atoms with E-state index in [2.05, 4.69) is 6.58 Å². The number of hydrogen-bond acceptors (Lipinski definition) is 4. The molecule has 0 saturated carbocycles. The van der Waals surface area contributed by atoms with E-state index in [9.17, 15) is 5.11 Å². The second kappa shape index (κ2) is 10.4. The molecular formula is C22H24Cl2O4. The molecule has 2 aromatic carbocycles. The van der Waals surface area contributed by atoms with Crippen LogP contribution in [0, 0.1) is 0 Å². The Kier molecular flexibility index (Phi) is 7.91. The lowest BCUT2D eigenvalue weighted by atomic mass is 10.1. The molecule has 0 radical (unpaired) electrons. The molecule has 0 bridgehead atoms. The molecule has 1 aliphatic rings. The van der Waals surface area contributed by atoms with Crippen LogP contribution in [0.4, 0.5) is 0 Å². The van der Waals surface area contributed by atoms with E-state index in [1.54, 1.807) is 6.08 Å². The van der Waals surface area contributed by atoms with Crippen LogP contribution < -0.4 is 0 Å². The van der Waals surface area contributed by atoms with Crippen LogP contribution in [0.15, 0.2) is 61.2 Å². The number of aliphatic hydroxyl groups is 1. The lowest BCUT2D eigenvalue weighted by molar-refractivity contribution is -0.0766. The molecule has 4 atom stereocenters. The predicted molar refractivity (Wildman–Crippen MR) is 111 cm³/mol. The molecule has 28 heavy (non-hydrogen) atoms. The summed E-state index contributed by atoms with van der Waals surface area (Å²) in [6, 6.07) is 14.9. The van der Waals surface area contributed by atoms with Crippen LogP contribution >= 0.6 is 23.2 Å². The minimum absolute atomic E-state index is 0.318. The van der Waals surface area contributed by atoms with E-state index in [0.717, 1.165) is 11.1 Å². The largest absolute Gasteiger partial charge is 0.388 e. The standard InChI is InChI=1S/C22H24Cl2O4/c1-2-3-19-21(25)22(27-13-16-6-10-18(24)11-7-16)20(28-19)14-26-12-15-4-8-17(23)9-5-15/h2,4-11,19-22,25H,1,3,12-14H2/t19-,20+,21-,22-/m0/s1. The number of ether oxygens (including phenoxy) is 3. The zero-order chi connectivity index (χ0) is 19.9. The third-order valence-corrected chi connectivity index (χ3v) is 5.16. The Morgan fingerprint density at radius 2 is 1.50 bits per heavy atom. The van der Waals surface area contributed by atoms with Gasteiger partial charge in [0.05, 0.1) is 25.9 Å². The average Bonchev–Trinajstić information content (AvgIpc) is 2.98. The van der Waals surface area contributed by atoms with Gasteiger partial charge in [-0.15, -0.1) is 6.58 Å². The molecule has 0 spiro atoms. The average molecular weight is 423 g/mol. The van der Waals surface area contributed by atoms with Gasteiger partial charge in [0.2, 0.25) is 0 Å². The van der Waals surface area contributed by atoms with Gasteiger partial charge >= 0.3 is 0 Å². The van der Waals surface area contributed by atoms with Crippen molar-refractivity contribution in [2.45, 2.75) is 44.1 Å². The van der Waals surface area contributed by atoms with Crippen molar-refractivity contribution in [2.24, 2.45) is 0 Å². The molecule has 0 amide bonds. The maximum absolute atomic E-state index is 10.6. The minimum atomic E-state index is -0.741. The first-order valence-electron chi connectivity index (χ1n) is 9.19. The highest BCUT2D eigenvalue weighted by Gasteiger charge is 2.43. The van der Waals surface area contributed by atoms with Crippen LogP contribution in [0.5, 0.6) is 0 Å². The van der Waals surface area contributed by atoms with Crippen molar-refractivity contribution in [1.29, 1.82) is 0 Å². The van der Waals surface area contributed by atoms with Crippen LogP contribution in [0.2, 0.25) is 10.0 Å². The van der Waals surface area contributed by atoms with Crippen molar-refractivity contribution in [3.8, 4) is 0 Å². The summed E-state index contributed by atoms with van der Waals surface area (Å²) in [6.45, 7) is 4.84. The summed E-state index contributed by atoms with van der Waals surface area (Å²) >= 11 is 11.8. The normalized spacial score (nSPS) is 24.4. The van der Waals surface area contributed by atoms with Crippen LogP contribution in [0.3, 0.4) is 0 Å². The van der Waals surface area contributed by atoms with Crippen LogP contribution in [0.25, 0.3) is 0 Å². The van der Waals surface area contributed by atoms with Gasteiger partial charge in [-0.1, -0.05) is 53.5 Å². The molecule has 4 nitrogen and oxygen atoms in total. The van der Waals surface area contributed by atoms with Crippen molar-refractivity contribution in [1.82, 2.24) is 0 Å². The summed E-state index contributed by atoms with van der Waals surface area (Å²) in [6.07, 6.45) is 0.355. The summed E-state index contributed by atoms with van der Waals surface area (Å²) in [5, 5.41) is 12.0. The number of aliphatic hydroxyl groups excluding tert-OH is 1. The van der Waals surface area contributed by atoms with Crippen LogP contribution in [0.1, 0.15) is 17.5 Å². The number of halogens is 2. The molecule has 1 heterocycles. The molecule has 150 valence electrons. The highest BCUT2D eigenvalue weighted by molar-refractivity contribution is 6.30. The molecule has 0 aliphatic carbocycles. The maximum atomic E-state index is 10.6. The SMILES string of the molecule is C=CC[C@@H]1O[C@H](COCc2ccc(Cl)cc2)[C@H](OCc2ccc(Cl)cc2)[C@H]1O. The molecule has 1 saturated heterocycles. The Labute approximate surface area is 175 Å². The van der Waals surface area contributed by atoms with Gasteiger partial charge in [-0.3, -0.25) is 0 Å². The zero-order valence-corrected chi connectivity index (χ0v) is 17.0. The second-order valence-electron chi connectivity index (χ2n) is 6.77. The Morgan fingerprint density at radius 1 is 0.929 bits per heavy atom. The van der Waals surface area contributed by atoms with Gasteiger partial charge in [0.1, 0.15) is 18.3 Å². The first-order valence-corrected chi connectivity index (χ1v) is 9.95. The molecule has 3 rings (SSSR count). The van der Waals surface area contributed by atoms with E-state index >= 15 is 0 Å². The Balaban J connectivity index is 1.57. The summed E-state index contributed by atoms with van der Waals surface area (Å²) < 4.78 is 17.8. The first-order chi connectivity index (χ1) is 13.6. The molecule has 1 aliphatic heterocycles. The van der Waals surface area contributed by atoms with Gasteiger partial charge in [0, 0.05) is 10.0 Å². The van der Waals surface area contributed by atoms with E-state index < -0.39 is 12.2 Å². The van der Waals surface area contributed by atoms with Crippen LogP contribution in [-0.2, 0) is 27.4 Å². The number of rotatable bonds is 9. The monoisotopic (exact) mass is 422 g/mol. The molecule has 2 aromatic rings. The summed E-state index contributed by atoms with van der Waals surface area (Å²) in [5.41, 5.74) is 1.99. The predicted octanol–water partition coefficient (Wildman–Crippen LogP) is 4.80. The van der Waals surface area contributed by atoms with Crippen LogP contribution in [-0.4, -0.2) is 36.1 Å². The summed E-state index contributed by atoms with van der Waals surface area (Å²) in [4.78, 5) is 0. The second-order valence-corrected chi connectivity index (χ2v) is 7.64. The Bertz CT molecular complexity index is 748. The van der Waals surface area contributed by atoms with Crippen molar-refractivity contribution in [3.63, 3.8) is 0 Å². The minimum Gasteiger partial charge on any atom is -0.388 e. The smallest absolute Gasteiger partial charge is 0.115 e. The van der Waals surface area contributed by atoms with Crippen molar-refractivity contribution >= 4 is 23.2 Å². The van der Waals surface area contributed by atoms with Gasteiger partial charge in [-0.25, -0.2) is 0 Å². The molecule has 0 aromatic heterocycles. The summed E-state index contributed by atoms with van der Waals surface area (Å²) in [5.74, 6) is 0. The van der Waals surface area contributed by atoms with Gasteiger partial charge in [-0.2, -0.15) is 0 Å². The number of hydrogen-bond donors (Lipinski definition) is 1. The van der Waals surface area contributed by atoms with Gasteiger partial charge in [0.25, 0.3) is 0 Å². The van der Waals surface area contributed by atoms with E-state index in [0.29, 0.717) is 36.3 Å². The molecular weight excluding hydrogens is 399 g/mol. The molecule has 1 fully saturated rings. The maximum Gasteiger partial charge on any atom is 0.115 e. The van der Waals surface area contributed by atoms with Gasteiger partial charge in [-0.05, 0) is 41.8 Å². The first kappa shape index (κ1) is 21.3. The van der Waals surface area contributed by atoms with E-state index in [-0.39, 0.29) is 12.2 Å². The van der Waals surface area contributed by atoms with Crippen molar-refractivity contribution < 1.29 is 19.3 Å². The fourth-order valence-corrected chi connectivity index (χ4v) is 3.41. The van der Waals surface area contributed by atoms with E-state index in [4.69, 9.17) is 37.4 Å².